The molecule has 1 aromatic rings. The van der Waals surface area contributed by atoms with E-state index < -0.39 is 24.6 Å². The number of nitrogens with one attached hydrogen (secondary N) is 1. The third-order valence-electron chi connectivity index (χ3n) is 3.69. The summed E-state index contributed by atoms with van der Waals surface area (Å²) in [5.41, 5.74) is 0.565. The lowest BCUT2D eigenvalue weighted by molar-refractivity contribution is -0.159. The van der Waals surface area contributed by atoms with Gasteiger partial charge in [0, 0.05) is 25.4 Å². The molecule has 0 aromatic heterocycles. The Morgan fingerprint density at radius 2 is 2.16 bits per heavy atom. The summed E-state index contributed by atoms with van der Waals surface area (Å²) in [6.07, 6.45) is 0.818. The van der Waals surface area contributed by atoms with E-state index in [-0.39, 0.29) is 12.5 Å². The zero-order chi connectivity index (χ0) is 18.2. The molecule has 2 amide bonds. The molecule has 1 heterocycles. The SMILES string of the molecule is COc1cccc(NC(=O)CN(C)C(=O)COC(=O)[C@H]2CCCO2)c1. The van der Waals surface area contributed by atoms with Crippen molar-refractivity contribution >= 4 is 23.5 Å². The predicted molar refractivity (Wildman–Crippen MR) is 89.2 cm³/mol. The number of anilines is 1. The number of esters is 1. The summed E-state index contributed by atoms with van der Waals surface area (Å²) in [4.78, 5) is 36.8. The maximum atomic E-state index is 12.0. The summed E-state index contributed by atoms with van der Waals surface area (Å²) in [5, 5.41) is 2.67. The Kier molecular flexibility index (Phi) is 6.76. The molecule has 1 fully saturated rings. The number of carbonyl (C=O) groups is 3. The zero-order valence-corrected chi connectivity index (χ0v) is 14.3. The van der Waals surface area contributed by atoms with Crippen molar-refractivity contribution in [2.75, 3.05) is 39.2 Å². The van der Waals surface area contributed by atoms with Crippen LogP contribution >= 0.6 is 0 Å². The van der Waals surface area contributed by atoms with Gasteiger partial charge in [0.25, 0.3) is 5.91 Å². The largest absolute Gasteiger partial charge is 0.497 e. The van der Waals surface area contributed by atoms with E-state index in [2.05, 4.69) is 5.32 Å². The second-order valence-electron chi connectivity index (χ2n) is 5.64. The molecule has 1 aliphatic rings. The van der Waals surface area contributed by atoms with Crippen LogP contribution in [0.15, 0.2) is 24.3 Å². The first kappa shape index (κ1) is 18.7. The van der Waals surface area contributed by atoms with Gasteiger partial charge in [-0.05, 0) is 25.0 Å². The Morgan fingerprint density at radius 3 is 2.84 bits per heavy atom. The van der Waals surface area contributed by atoms with Crippen molar-refractivity contribution in [3.8, 4) is 5.75 Å². The molecule has 1 atom stereocenters. The van der Waals surface area contributed by atoms with Crippen molar-refractivity contribution in [2.45, 2.75) is 18.9 Å². The van der Waals surface area contributed by atoms with Gasteiger partial charge in [-0.15, -0.1) is 0 Å². The Bertz CT molecular complexity index is 627. The molecule has 0 radical (unpaired) electrons. The quantitative estimate of drug-likeness (QED) is 0.732. The van der Waals surface area contributed by atoms with Crippen LogP contribution < -0.4 is 10.1 Å². The minimum Gasteiger partial charge on any atom is -0.497 e. The second-order valence-corrected chi connectivity index (χ2v) is 5.64. The van der Waals surface area contributed by atoms with E-state index in [1.165, 1.54) is 19.1 Å². The average molecular weight is 350 g/mol. The molecule has 0 bridgehead atoms. The summed E-state index contributed by atoms with van der Waals surface area (Å²) < 4.78 is 15.2. The number of methoxy groups -OCH3 is 1. The molecule has 136 valence electrons. The highest BCUT2D eigenvalue weighted by Gasteiger charge is 2.26. The van der Waals surface area contributed by atoms with Crippen molar-refractivity contribution in [3.05, 3.63) is 24.3 Å². The number of hydrogen-bond donors (Lipinski definition) is 1. The van der Waals surface area contributed by atoms with Crippen LogP contribution in [0, 0.1) is 0 Å². The molecule has 1 aromatic carbocycles. The summed E-state index contributed by atoms with van der Waals surface area (Å²) in [5.74, 6) is -0.759. The van der Waals surface area contributed by atoms with E-state index in [0.717, 1.165) is 6.42 Å². The summed E-state index contributed by atoms with van der Waals surface area (Å²) in [7, 11) is 3.00. The zero-order valence-electron chi connectivity index (χ0n) is 14.3. The van der Waals surface area contributed by atoms with Crippen molar-refractivity contribution in [1.82, 2.24) is 4.90 Å². The first-order chi connectivity index (χ1) is 12.0. The number of rotatable bonds is 7. The lowest BCUT2D eigenvalue weighted by atomic mass is 10.2. The topological polar surface area (TPSA) is 94.2 Å². The van der Waals surface area contributed by atoms with Gasteiger partial charge < -0.3 is 24.4 Å². The standard InChI is InChI=1S/C17H22N2O6/c1-19(16(21)11-25-17(22)14-7-4-8-24-14)10-15(20)18-12-5-3-6-13(9-12)23-2/h3,5-6,9,14H,4,7-8,10-11H2,1-2H3,(H,18,20)/t14-/m1/s1. The van der Waals surface area contributed by atoms with Crippen LogP contribution in [0.1, 0.15) is 12.8 Å². The lowest BCUT2D eigenvalue weighted by Crippen LogP contribution is -2.38. The Balaban J connectivity index is 1.75. The monoisotopic (exact) mass is 350 g/mol. The Hall–Kier alpha value is -2.61. The van der Waals surface area contributed by atoms with E-state index >= 15 is 0 Å². The van der Waals surface area contributed by atoms with E-state index in [4.69, 9.17) is 14.2 Å². The van der Waals surface area contributed by atoms with Crippen molar-refractivity contribution in [1.29, 1.82) is 0 Å². The van der Waals surface area contributed by atoms with Crippen molar-refractivity contribution in [2.24, 2.45) is 0 Å². The fraction of sp³-hybridized carbons (Fsp3) is 0.471. The van der Waals surface area contributed by atoms with Crippen LogP contribution in [0.2, 0.25) is 0 Å². The van der Waals surface area contributed by atoms with E-state index in [1.54, 1.807) is 24.3 Å². The second kappa shape index (κ2) is 9.03. The van der Waals surface area contributed by atoms with Gasteiger partial charge in [0.1, 0.15) is 5.75 Å². The molecule has 0 unspecified atom stereocenters. The highest BCUT2D eigenvalue weighted by Crippen LogP contribution is 2.16. The summed E-state index contributed by atoms with van der Waals surface area (Å²) in [6.45, 7) is -0.0484. The van der Waals surface area contributed by atoms with Crippen LogP contribution in [-0.2, 0) is 23.9 Å². The van der Waals surface area contributed by atoms with E-state index in [0.29, 0.717) is 24.5 Å². The van der Waals surface area contributed by atoms with Gasteiger partial charge >= 0.3 is 5.97 Å². The number of nitrogens with zero attached hydrogens (tertiary/aromatic N) is 1. The summed E-state index contributed by atoms with van der Waals surface area (Å²) in [6, 6.07) is 6.89. The number of carbonyl (C=O) groups excluding carboxylic acids is 3. The van der Waals surface area contributed by atoms with Gasteiger partial charge in [-0.2, -0.15) is 0 Å². The smallest absolute Gasteiger partial charge is 0.335 e. The number of benzene rings is 1. The van der Waals surface area contributed by atoms with Crippen molar-refractivity contribution in [3.63, 3.8) is 0 Å². The van der Waals surface area contributed by atoms with Gasteiger partial charge in [0.2, 0.25) is 5.91 Å². The van der Waals surface area contributed by atoms with Crippen molar-refractivity contribution < 1.29 is 28.6 Å². The molecular formula is C17H22N2O6. The van der Waals surface area contributed by atoms with E-state index in [9.17, 15) is 14.4 Å². The number of amides is 2. The van der Waals surface area contributed by atoms with E-state index in [1.807, 2.05) is 0 Å². The highest BCUT2D eigenvalue weighted by atomic mass is 16.6. The Morgan fingerprint density at radius 1 is 1.36 bits per heavy atom. The molecule has 2 rings (SSSR count). The summed E-state index contributed by atoms with van der Waals surface area (Å²) >= 11 is 0. The third kappa shape index (κ3) is 5.75. The van der Waals surface area contributed by atoms with Crippen LogP contribution in [-0.4, -0.2) is 62.7 Å². The third-order valence-corrected chi connectivity index (χ3v) is 3.69. The fourth-order valence-electron chi connectivity index (χ4n) is 2.30. The predicted octanol–water partition coefficient (Wildman–Crippen LogP) is 0.814. The first-order valence-corrected chi connectivity index (χ1v) is 7.95. The highest BCUT2D eigenvalue weighted by molar-refractivity contribution is 5.95. The molecular weight excluding hydrogens is 328 g/mol. The number of hydrogen-bond acceptors (Lipinski definition) is 6. The van der Waals surface area contributed by atoms with Gasteiger partial charge in [-0.3, -0.25) is 9.59 Å². The molecule has 8 nitrogen and oxygen atoms in total. The number of likely N-dealkylation sites (N-methyl/N-ethyl adjacent to an activating group) is 1. The normalized spacial score (nSPS) is 16.2. The van der Waals surface area contributed by atoms with Gasteiger partial charge in [-0.25, -0.2) is 4.79 Å². The van der Waals surface area contributed by atoms with Gasteiger partial charge in [0.05, 0.1) is 13.7 Å². The molecule has 0 aliphatic carbocycles. The molecule has 8 heteroatoms. The van der Waals surface area contributed by atoms with Crippen LogP contribution in [0.3, 0.4) is 0 Å². The molecule has 25 heavy (non-hydrogen) atoms. The maximum absolute atomic E-state index is 12.0. The van der Waals surface area contributed by atoms with Crippen LogP contribution in [0.5, 0.6) is 5.75 Å². The van der Waals surface area contributed by atoms with Gasteiger partial charge in [0.15, 0.2) is 12.7 Å². The molecule has 0 saturated carbocycles. The lowest BCUT2D eigenvalue weighted by Gasteiger charge is -2.17. The van der Waals surface area contributed by atoms with Crippen LogP contribution in [0.4, 0.5) is 5.69 Å². The molecule has 0 spiro atoms. The fourth-order valence-corrected chi connectivity index (χ4v) is 2.30. The molecule has 1 aliphatic heterocycles. The average Bonchev–Trinajstić information content (AvgIpc) is 3.14. The van der Waals surface area contributed by atoms with Crippen LogP contribution in [0.25, 0.3) is 0 Å². The number of ether oxygens (including phenoxy) is 3. The maximum Gasteiger partial charge on any atom is 0.335 e. The van der Waals surface area contributed by atoms with Gasteiger partial charge in [-0.1, -0.05) is 6.07 Å². The minimum atomic E-state index is -0.588. The first-order valence-electron chi connectivity index (χ1n) is 7.95. The Labute approximate surface area is 146 Å². The minimum absolute atomic E-state index is 0.159. The molecule has 1 N–H and O–H groups in total. The molecule has 1 saturated heterocycles.